The second-order valence-corrected chi connectivity index (χ2v) is 5.43. The maximum absolute atomic E-state index is 5.10. The molecule has 2 heterocycles. The van der Waals surface area contributed by atoms with Crippen LogP contribution < -0.4 is 15.5 Å². The zero-order valence-corrected chi connectivity index (χ0v) is 12.9. The summed E-state index contributed by atoms with van der Waals surface area (Å²) in [6.07, 6.45) is 0. The molecule has 1 aliphatic rings. The monoisotopic (exact) mass is 299 g/mol. The van der Waals surface area contributed by atoms with Gasteiger partial charge in [0.15, 0.2) is 5.11 Å². The zero-order chi connectivity index (χ0) is 14.8. The van der Waals surface area contributed by atoms with Crippen LogP contribution in [0.5, 0.6) is 0 Å². The van der Waals surface area contributed by atoms with Crippen LogP contribution >= 0.6 is 12.2 Å². The van der Waals surface area contributed by atoms with Gasteiger partial charge in [-0.3, -0.25) is 0 Å². The van der Waals surface area contributed by atoms with Gasteiger partial charge >= 0.3 is 0 Å². The van der Waals surface area contributed by atoms with E-state index >= 15 is 0 Å². The Labute approximate surface area is 129 Å². The third-order valence-corrected chi connectivity index (χ3v) is 3.76. The van der Waals surface area contributed by atoms with Gasteiger partial charge in [-0.25, -0.2) is 4.98 Å². The maximum atomic E-state index is 5.10. The lowest BCUT2D eigenvalue weighted by atomic mass is 10.1. The van der Waals surface area contributed by atoms with E-state index in [0.29, 0.717) is 11.1 Å². The van der Waals surface area contributed by atoms with Crippen LogP contribution in [0.25, 0.3) is 0 Å². The van der Waals surface area contributed by atoms with E-state index in [1.54, 1.807) is 7.05 Å². The summed E-state index contributed by atoms with van der Waals surface area (Å²) in [4.78, 5) is 11.2. The summed E-state index contributed by atoms with van der Waals surface area (Å²) in [5, 5.41) is 6.36. The van der Waals surface area contributed by atoms with E-state index in [4.69, 9.17) is 12.2 Å². The fourth-order valence-corrected chi connectivity index (χ4v) is 2.52. The number of nitrogens with zero attached hydrogens (tertiary/aromatic N) is 3. The SMILES string of the molecule is CNC(=S)Nc1nc(C)cc(N2Cc3ccccc3C2)n1. The molecule has 0 fully saturated rings. The first-order chi connectivity index (χ1) is 10.2. The smallest absolute Gasteiger partial charge is 0.231 e. The molecule has 6 heteroatoms. The van der Waals surface area contributed by atoms with Crippen molar-refractivity contribution in [2.45, 2.75) is 20.0 Å². The number of aromatic nitrogens is 2. The lowest BCUT2D eigenvalue weighted by Crippen LogP contribution is -2.26. The van der Waals surface area contributed by atoms with Crippen molar-refractivity contribution < 1.29 is 0 Å². The first-order valence-corrected chi connectivity index (χ1v) is 7.22. The number of fused-ring (bicyclic) bond motifs is 1. The predicted octanol–water partition coefficient (Wildman–Crippen LogP) is 2.22. The molecular formula is C15H17N5S. The molecule has 2 N–H and O–H groups in total. The summed E-state index contributed by atoms with van der Waals surface area (Å²) in [7, 11) is 1.77. The molecule has 2 aromatic rings. The molecule has 0 bridgehead atoms. The van der Waals surface area contributed by atoms with Crippen LogP contribution in [0.3, 0.4) is 0 Å². The van der Waals surface area contributed by atoms with E-state index in [0.717, 1.165) is 24.6 Å². The van der Waals surface area contributed by atoms with Crippen LogP contribution in [0, 0.1) is 6.92 Å². The Bertz CT molecular complexity index is 661. The van der Waals surface area contributed by atoms with Crippen LogP contribution in [0.4, 0.5) is 11.8 Å². The summed E-state index contributed by atoms with van der Waals surface area (Å²) >= 11 is 5.10. The van der Waals surface area contributed by atoms with E-state index in [9.17, 15) is 0 Å². The van der Waals surface area contributed by atoms with Gasteiger partial charge in [0.1, 0.15) is 5.82 Å². The van der Waals surface area contributed by atoms with Gasteiger partial charge in [-0.05, 0) is 30.3 Å². The molecule has 0 saturated heterocycles. The summed E-state index contributed by atoms with van der Waals surface area (Å²) in [6, 6.07) is 10.5. The van der Waals surface area contributed by atoms with Gasteiger partial charge in [0, 0.05) is 31.9 Å². The van der Waals surface area contributed by atoms with Crippen molar-refractivity contribution in [2.24, 2.45) is 0 Å². The quantitative estimate of drug-likeness (QED) is 0.829. The summed E-state index contributed by atoms with van der Waals surface area (Å²) in [5.41, 5.74) is 3.63. The molecule has 1 aliphatic heterocycles. The minimum Gasteiger partial charge on any atom is -0.365 e. The number of aryl methyl sites for hydroxylation is 1. The second-order valence-electron chi connectivity index (χ2n) is 5.02. The van der Waals surface area contributed by atoms with Crippen molar-refractivity contribution >= 4 is 29.1 Å². The second kappa shape index (κ2) is 5.65. The highest BCUT2D eigenvalue weighted by Crippen LogP contribution is 2.27. The van der Waals surface area contributed by atoms with Gasteiger partial charge in [-0.15, -0.1) is 0 Å². The summed E-state index contributed by atoms with van der Waals surface area (Å²) in [6.45, 7) is 3.72. The topological polar surface area (TPSA) is 53.1 Å². The molecule has 0 radical (unpaired) electrons. The minimum atomic E-state index is 0.510. The first kappa shape index (κ1) is 13.8. The van der Waals surface area contributed by atoms with E-state index < -0.39 is 0 Å². The van der Waals surface area contributed by atoms with E-state index in [1.165, 1.54) is 11.1 Å². The predicted molar refractivity (Wildman–Crippen MR) is 88.4 cm³/mol. The van der Waals surface area contributed by atoms with Crippen LogP contribution in [0.2, 0.25) is 0 Å². The third-order valence-electron chi connectivity index (χ3n) is 3.46. The molecule has 0 spiro atoms. The molecular weight excluding hydrogens is 282 g/mol. The van der Waals surface area contributed by atoms with E-state index in [-0.39, 0.29) is 0 Å². The normalized spacial score (nSPS) is 13.0. The molecule has 0 atom stereocenters. The minimum absolute atomic E-state index is 0.510. The third kappa shape index (κ3) is 2.95. The van der Waals surface area contributed by atoms with Gasteiger partial charge in [0.2, 0.25) is 5.95 Å². The van der Waals surface area contributed by atoms with Crippen molar-refractivity contribution in [3.05, 3.63) is 47.2 Å². The van der Waals surface area contributed by atoms with E-state index in [1.807, 2.05) is 13.0 Å². The molecule has 1 aromatic heterocycles. The number of hydrogen-bond acceptors (Lipinski definition) is 4. The van der Waals surface area contributed by atoms with Crippen molar-refractivity contribution in [1.29, 1.82) is 0 Å². The van der Waals surface area contributed by atoms with Crippen LogP contribution in [0.15, 0.2) is 30.3 Å². The van der Waals surface area contributed by atoms with Crippen LogP contribution in [0.1, 0.15) is 16.8 Å². The lowest BCUT2D eigenvalue weighted by molar-refractivity contribution is 0.850. The standard InChI is InChI=1S/C15H17N5S/c1-10-7-13(18-14(17-10)19-15(21)16-2)20-8-11-5-3-4-6-12(11)9-20/h3-7H,8-9H2,1-2H3,(H2,16,17,18,19,21). The van der Waals surface area contributed by atoms with Crippen molar-refractivity contribution in [3.8, 4) is 0 Å². The number of anilines is 2. The average molecular weight is 299 g/mol. The maximum Gasteiger partial charge on any atom is 0.231 e. The highest BCUT2D eigenvalue weighted by molar-refractivity contribution is 7.80. The zero-order valence-electron chi connectivity index (χ0n) is 12.1. The molecule has 21 heavy (non-hydrogen) atoms. The number of hydrogen-bond donors (Lipinski definition) is 2. The molecule has 3 rings (SSSR count). The van der Waals surface area contributed by atoms with Gasteiger partial charge < -0.3 is 15.5 Å². The Morgan fingerprint density at radius 1 is 1.19 bits per heavy atom. The van der Waals surface area contributed by atoms with Crippen molar-refractivity contribution in [2.75, 3.05) is 17.3 Å². The van der Waals surface area contributed by atoms with Gasteiger partial charge in [-0.1, -0.05) is 24.3 Å². The molecule has 108 valence electrons. The van der Waals surface area contributed by atoms with Gasteiger partial charge in [0.05, 0.1) is 0 Å². The van der Waals surface area contributed by atoms with Crippen LogP contribution in [-0.4, -0.2) is 22.1 Å². The van der Waals surface area contributed by atoms with Crippen LogP contribution in [-0.2, 0) is 13.1 Å². The average Bonchev–Trinajstić information content (AvgIpc) is 2.90. The first-order valence-electron chi connectivity index (χ1n) is 6.82. The molecule has 1 aromatic carbocycles. The number of rotatable bonds is 2. The highest BCUT2D eigenvalue weighted by atomic mass is 32.1. The Morgan fingerprint density at radius 3 is 2.48 bits per heavy atom. The lowest BCUT2D eigenvalue weighted by Gasteiger charge is -2.18. The highest BCUT2D eigenvalue weighted by Gasteiger charge is 2.20. The largest absolute Gasteiger partial charge is 0.365 e. The van der Waals surface area contributed by atoms with Gasteiger partial charge in [0.25, 0.3) is 0 Å². The van der Waals surface area contributed by atoms with Crippen molar-refractivity contribution in [1.82, 2.24) is 15.3 Å². The molecule has 0 saturated carbocycles. The molecule has 0 unspecified atom stereocenters. The number of benzene rings is 1. The summed E-state index contributed by atoms with van der Waals surface area (Å²) < 4.78 is 0. The molecule has 0 aliphatic carbocycles. The fraction of sp³-hybridized carbons (Fsp3) is 0.267. The Morgan fingerprint density at radius 2 is 1.86 bits per heavy atom. The molecule has 5 nitrogen and oxygen atoms in total. The Kier molecular flexibility index (Phi) is 3.70. The number of thiocarbonyl (C=S) groups is 1. The molecule has 0 amide bonds. The fourth-order valence-electron chi connectivity index (χ4n) is 2.43. The van der Waals surface area contributed by atoms with Crippen molar-refractivity contribution in [3.63, 3.8) is 0 Å². The van der Waals surface area contributed by atoms with E-state index in [2.05, 4.69) is 49.8 Å². The van der Waals surface area contributed by atoms with Gasteiger partial charge in [-0.2, -0.15) is 4.98 Å². The Balaban J connectivity index is 1.85. The number of nitrogens with one attached hydrogen (secondary N) is 2. The summed E-state index contributed by atoms with van der Waals surface area (Å²) in [5.74, 6) is 1.44. The Hall–Kier alpha value is -2.21.